The molecular formula is C20H33N3O2S. The molecule has 2 rings (SSSR count). The van der Waals surface area contributed by atoms with Crippen LogP contribution in [0.3, 0.4) is 0 Å². The van der Waals surface area contributed by atoms with Gasteiger partial charge in [0.2, 0.25) is 0 Å². The molecule has 0 aliphatic carbocycles. The van der Waals surface area contributed by atoms with Gasteiger partial charge in [-0.2, -0.15) is 11.8 Å². The number of rotatable bonds is 8. The second kappa shape index (κ2) is 10.1. The predicted molar refractivity (Wildman–Crippen MR) is 111 cm³/mol. The van der Waals surface area contributed by atoms with E-state index >= 15 is 0 Å². The molecule has 1 aliphatic heterocycles. The molecule has 0 spiro atoms. The van der Waals surface area contributed by atoms with Crippen LogP contribution in [-0.4, -0.2) is 49.4 Å². The van der Waals surface area contributed by atoms with E-state index in [-0.39, 0.29) is 10.9 Å². The minimum absolute atomic E-state index is 0.147. The van der Waals surface area contributed by atoms with Crippen molar-refractivity contribution < 1.29 is 9.47 Å². The van der Waals surface area contributed by atoms with E-state index in [0.29, 0.717) is 13.2 Å². The zero-order valence-corrected chi connectivity index (χ0v) is 17.5. The van der Waals surface area contributed by atoms with Gasteiger partial charge in [-0.25, -0.2) is 4.99 Å². The summed E-state index contributed by atoms with van der Waals surface area (Å²) in [6, 6.07) is 6.32. The molecular weight excluding hydrogens is 346 g/mol. The monoisotopic (exact) mass is 379 g/mol. The van der Waals surface area contributed by atoms with Crippen molar-refractivity contribution in [2.45, 2.75) is 51.5 Å². The fourth-order valence-corrected chi connectivity index (χ4v) is 2.78. The summed E-state index contributed by atoms with van der Waals surface area (Å²) in [5, 5.41) is 6.77. The largest absolute Gasteiger partial charge is 0.488 e. The van der Waals surface area contributed by atoms with Crippen LogP contribution < -0.4 is 15.4 Å². The molecule has 146 valence electrons. The van der Waals surface area contributed by atoms with E-state index in [0.717, 1.165) is 43.4 Å². The van der Waals surface area contributed by atoms with Gasteiger partial charge in [0.15, 0.2) is 5.96 Å². The molecule has 1 unspecified atom stereocenters. The van der Waals surface area contributed by atoms with Gasteiger partial charge in [0, 0.05) is 29.8 Å². The van der Waals surface area contributed by atoms with Crippen LogP contribution in [-0.2, 0) is 11.3 Å². The van der Waals surface area contributed by atoms with Crippen LogP contribution in [0.1, 0.15) is 38.3 Å². The average Bonchev–Trinajstić information content (AvgIpc) is 3.12. The van der Waals surface area contributed by atoms with E-state index in [1.807, 2.05) is 11.8 Å². The van der Waals surface area contributed by atoms with Gasteiger partial charge in [-0.15, -0.1) is 0 Å². The van der Waals surface area contributed by atoms with Crippen LogP contribution in [0.4, 0.5) is 0 Å². The van der Waals surface area contributed by atoms with Crippen molar-refractivity contribution >= 4 is 17.7 Å². The number of thioether (sulfide) groups is 1. The van der Waals surface area contributed by atoms with Crippen LogP contribution in [0, 0.1) is 6.92 Å². The minimum atomic E-state index is 0.147. The molecule has 1 aliphatic rings. The number of guanidine groups is 1. The zero-order chi connectivity index (χ0) is 19.0. The summed E-state index contributed by atoms with van der Waals surface area (Å²) < 4.78 is 11.8. The van der Waals surface area contributed by atoms with E-state index in [9.17, 15) is 0 Å². The number of hydrogen-bond donors (Lipinski definition) is 2. The highest BCUT2D eigenvalue weighted by atomic mass is 32.2. The van der Waals surface area contributed by atoms with E-state index in [4.69, 9.17) is 14.5 Å². The van der Waals surface area contributed by atoms with Crippen molar-refractivity contribution in [1.82, 2.24) is 10.6 Å². The number of ether oxygens (including phenoxy) is 2. The molecule has 1 atom stereocenters. The summed E-state index contributed by atoms with van der Waals surface area (Å²) in [6.07, 6.45) is 3.23. The summed E-state index contributed by atoms with van der Waals surface area (Å²) in [6.45, 7) is 12.3. The average molecular weight is 380 g/mol. The fourth-order valence-electron chi connectivity index (χ4n) is 2.56. The molecule has 1 aromatic rings. The quantitative estimate of drug-likeness (QED) is 0.536. The predicted octanol–water partition coefficient (Wildman–Crippen LogP) is 3.36. The number of nitrogens with one attached hydrogen (secondary N) is 2. The first kappa shape index (κ1) is 20.9. The SMILES string of the molecule is CCNC(=NCc1ccc(C)cc1OC1CCOC1)NCC(C)(C)SC. The first-order valence-electron chi connectivity index (χ1n) is 9.35. The summed E-state index contributed by atoms with van der Waals surface area (Å²) in [4.78, 5) is 4.76. The Morgan fingerprint density at radius 2 is 2.19 bits per heavy atom. The van der Waals surface area contributed by atoms with Crippen LogP contribution >= 0.6 is 11.8 Å². The summed E-state index contributed by atoms with van der Waals surface area (Å²) in [5.41, 5.74) is 2.29. The Labute approximate surface area is 162 Å². The van der Waals surface area contributed by atoms with Gasteiger partial charge in [0.25, 0.3) is 0 Å². The molecule has 0 bridgehead atoms. The van der Waals surface area contributed by atoms with E-state index in [1.165, 1.54) is 5.56 Å². The minimum Gasteiger partial charge on any atom is -0.488 e. The Hall–Kier alpha value is -1.40. The van der Waals surface area contributed by atoms with Crippen molar-refractivity contribution in [3.8, 4) is 5.75 Å². The standard InChI is InChI=1S/C20H33N3O2S/c1-6-21-19(23-14-20(3,4)26-5)22-12-16-8-7-15(2)11-18(16)25-17-9-10-24-13-17/h7-8,11,17H,6,9-10,12-14H2,1-5H3,(H2,21,22,23). The van der Waals surface area contributed by atoms with Gasteiger partial charge >= 0.3 is 0 Å². The van der Waals surface area contributed by atoms with Crippen LogP contribution in [0.25, 0.3) is 0 Å². The number of benzene rings is 1. The smallest absolute Gasteiger partial charge is 0.191 e. The third-order valence-electron chi connectivity index (χ3n) is 4.39. The summed E-state index contributed by atoms with van der Waals surface area (Å²) >= 11 is 1.85. The fraction of sp³-hybridized carbons (Fsp3) is 0.650. The van der Waals surface area contributed by atoms with Crippen molar-refractivity contribution in [3.63, 3.8) is 0 Å². The molecule has 1 heterocycles. The highest BCUT2D eigenvalue weighted by Crippen LogP contribution is 2.24. The Kier molecular flexibility index (Phi) is 8.10. The maximum Gasteiger partial charge on any atom is 0.191 e. The van der Waals surface area contributed by atoms with Crippen LogP contribution in [0.15, 0.2) is 23.2 Å². The van der Waals surface area contributed by atoms with Gasteiger partial charge in [-0.3, -0.25) is 0 Å². The first-order chi connectivity index (χ1) is 12.4. The van der Waals surface area contributed by atoms with E-state index in [1.54, 1.807) is 0 Å². The van der Waals surface area contributed by atoms with E-state index in [2.05, 4.69) is 62.8 Å². The lowest BCUT2D eigenvalue weighted by atomic mass is 10.1. The second-order valence-corrected chi connectivity index (χ2v) is 8.74. The maximum absolute atomic E-state index is 6.17. The second-order valence-electron chi connectivity index (χ2n) is 7.23. The van der Waals surface area contributed by atoms with Gasteiger partial charge in [-0.05, 0) is 45.6 Å². The molecule has 0 amide bonds. The van der Waals surface area contributed by atoms with Crippen molar-refractivity contribution in [1.29, 1.82) is 0 Å². The number of aliphatic imine (C=N–C) groups is 1. The molecule has 0 saturated carbocycles. The zero-order valence-electron chi connectivity index (χ0n) is 16.7. The summed E-state index contributed by atoms with van der Waals surface area (Å²) in [7, 11) is 0. The molecule has 0 radical (unpaired) electrons. The van der Waals surface area contributed by atoms with Gasteiger partial charge in [-0.1, -0.05) is 12.1 Å². The Bertz CT molecular complexity index is 599. The first-order valence-corrected chi connectivity index (χ1v) is 10.6. The van der Waals surface area contributed by atoms with Crippen LogP contribution in [0.5, 0.6) is 5.75 Å². The lowest BCUT2D eigenvalue weighted by Crippen LogP contribution is -2.43. The molecule has 6 heteroatoms. The third kappa shape index (κ3) is 6.72. The molecule has 26 heavy (non-hydrogen) atoms. The Morgan fingerprint density at radius 1 is 1.38 bits per heavy atom. The topological polar surface area (TPSA) is 54.9 Å². The Balaban J connectivity index is 2.07. The van der Waals surface area contributed by atoms with Gasteiger partial charge in [0.05, 0.1) is 19.8 Å². The van der Waals surface area contributed by atoms with E-state index < -0.39 is 0 Å². The number of hydrogen-bond acceptors (Lipinski definition) is 4. The highest BCUT2D eigenvalue weighted by molar-refractivity contribution is 7.99. The van der Waals surface area contributed by atoms with Gasteiger partial charge in [0.1, 0.15) is 11.9 Å². The maximum atomic E-state index is 6.17. The lowest BCUT2D eigenvalue weighted by Gasteiger charge is -2.24. The molecule has 1 fully saturated rings. The molecule has 0 aromatic heterocycles. The molecule has 1 saturated heterocycles. The summed E-state index contributed by atoms with van der Waals surface area (Å²) in [5.74, 6) is 1.76. The van der Waals surface area contributed by atoms with Gasteiger partial charge < -0.3 is 20.1 Å². The normalized spacial score (nSPS) is 18.0. The molecule has 1 aromatic carbocycles. The van der Waals surface area contributed by atoms with Crippen molar-refractivity contribution in [2.75, 3.05) is 32.6 Å². The lowest BCUT2D eigenvalue weighted by molar-refractivity contribution is 0.140. The van der Waals surface area contributed by atoms with Crippen LogP contribution in [0.2, 0.25) is 0 Å². The Morgan fingerprint density at radius 3 is 2.85 bits per heavy atom. The third-order valence-corrected chi connectivity index (χ3v) is 5.64. The number of aryl methyl sites for hydroxylation is 1. The molecule has 2 N–H and O–H groups in total. The highest BCUT2D eigenvalue weighted by Gasteiger charge is 2.19. The van der Waals surface area contributed by atoms with Crippen molar-refractivity contribution in [2.24, 2.45) is 4.99 Å². The van der Waals surface area contributed by atoms with Crippen molar-refractivity contribution in [3.05, 3.63) is 29.3 Å². The number of nitrogens with zero attached hydrogens (tertiary/aromatic N) is 1. The molecule has 5 nitrogen and oxygen atoms in total.